The first kappa shape index (κ1) is 9.26. The van der Waals surface area contributed by atoms with E-state index < -0.39 is 0 Å². The molecule has 1 N–H and O–H groups in total. The predicted molar refractivity (Wildman–Crippen MR) is 44.5 cm³/mol. The summed E-state index contributed by atoms with van der Waals surface area (Å²) >= 11 is 0. The van der Waals surface area contributed by atoms with E-state index in [0.29, 0.717) is 6.42 Å². The number of rotatable bonds is 2. The molecule has 0 spiro atoms. The normalized spacial score (nSPS) is 28.5. The lowest BCUT2D eigenvalue weighted by molar-refractivity contribution is -0.146. The van der Waals surface area contributed by atoms with Gasteiger partial charge in [0.2, 0.25) is 0 Å². The van der Waals surface area contributed by atoms with Crippen LogP contribution in [0.1, 0.15) is 12.8 Å². The van der Waals surface area contributed by atoms with Crippen LogP contribution in [-0.4, -0.2) is 24.8 Å². The van der Waals surface area contributed by atoms with E-state index in [9.17, 15) is 4.79 Å². The van der Waals surface area contributed by atoms with Crippen molar-refractivity contribution < 1.29 is 14.6 Å². The summed E-state index contributed by atoms with van der Waals surface area (Å²) in [6, 6.07) is 0. The number of carbonyl (C=O) groups is 1. The first-order valence-corrected chi connectivity index (χ1v) is 4.13. The van der Waals surface area contributed by atoms with Crippen LogP contribution in [0.5, 0.6) is 0 Å². The van der Waals surface area contributed by atoms with Crippen molar-refractivity contribution in [1.29, 1.82) is 0 Å². The Morgan fingerprint density at radius 2 is 2.50 bits per heavy atom. The SMILES string of the molecule is COC(=O)[C@@H]1CC=C[C@@H](CO)C1. The lowest BCUT2D eigenvalue weighted by Gasteiger charge is -2.20. The standard InChI is InChI=1S/C9H14O3/c1-12-9(11)8-4-2-3-7(5-8)6-10/h2-3,7-8,10H,4-6H2,1H3/t7-,8-/m1/s1. The van der Waals surface area contributed by atoms with Gasteiger partial charge in [0, 0.05) is 12.5 Å². The monoisotopic (exact) mass is 170 g/mol. The second-order valence-corrected chi connectivity index (χ2v) is 3.06. The van der Waals surface area contributed by atoms with Gasteiger partial charge in [-0.15, -0.1) is 0 Å². The number of aliphatic hydroxyl groups excluding tert-OH is 1. The molecule has 3 heteroatoms. The fraction of sp³-hybridized carbons (Fsp3) is 0.667. The van der Waals surface area contributed by atoms with Gasteiger partial charge in [-0.05, 0) is 12.8 Å². The van der Waals surface area contributed by atoms with Gasteiger partial charge in [0.05, 0.1) is 13.0 Å². The van der Waals surface area contributed by atoms with E-state index >= 15 is 0 Å². The number of aliphatic hydroxyl groups is 1. The van der Waals surface area contributed by atoms with Crippen molar-refractivity contribution in [2.24, 2.45) is 11.8 Å². The highest BCUT2D eigenvalue weighted by atomic mass is 16.5. The van der Waals surface area contributed by atoms with Crippen LogP contribution in [0.15, 0.2) is 12.2 Å². The Hall–Kier alpha value is -0.830. The van der Waals surface area contributed by atoms with E-state index in [1.54, 1.807) is 0 Å². The minimum absolute atomic E-state index is 0.0582. The minimum Gasteiger partial charge on any atom is -0.469 e. The van der Waals surface area contributed by atoms with Gasteiger partial charge >= 0.3 is 5.97 Å². The Balaban J connectivity index is 2.49. The number of hydrogen-bond donors (Lipinski definition) is 1. The van der Waals surface area contributed by atoms with Gasteiger partial charge in [0.15, 0.2) is 0 Å². The fourth-order valence-corrected chi connectivity index (χ4v) is 1.47. The number of methoxy groups -OCH3 is 1. The Bertz CT molecular complexity index is 186. The molecule has 0 aromatic heterocycles. The summed E-state index contributed by atoms with van der Waals surface area (Å²) in [4.78, 5) is 11.1. The molecular formula is C9H14O3. The molecule has 1 aliphatic carbocycles. The average Bonchev–Trinajstić information content (AvgIpc) is 2.17. The zero-order valence-electron chi connectivity index (χ0n) is 7.19. The topological polar surface area (TPSA) is 46.5 Å². The molecule has 0 aromatic rings. The maximum absolute atomic E-state index is 11.1. The second-order valence-electron chi connectivity index (χ2n) is 3.06. The molecule has 0 radical (unpaired) electrons. The third kappa shape index (κ3) is 2.08. The lowest BCUT2D eigenvalue weighted by atomic mass is 9.87. The van der Waals surface area contributed by atoms with Crippen molar-refractivity contribution in [1.82, 2.24) is 0 Å². The zero-order valence-corrected chi connectivity index (χ0v) is 7.19. The van der Waals surface area contributed by atoms with E-state index in [1.165, 1.54) is 7.11 Å². The van der Waals surface area contributed by atoms with Crippen LogP contribution in [0.3, 0.4) is 0 Å². The minimum atomic E-state index is -0.169. The van der Waals surface area contributed by atoms with Crippen LogP contribution in [0.4, 0.5) is 0 Å². The molecule has 12 heavy (non-hydrogen) atoms. The van der Waals surface area contributed by atoms with Gasteiger partial charge < -0.3 is 9.84 Å². The zero-order chi connectivity index (χ0) is 8.97. The Labute approximate surface area is 72.0 Å². The highest BCUT2D eigenvalue weighted by molar-refractivity contribution is 5.72. The molecule has 0 saturated carbocycles. The molecule has 0 unspecified atom stereocenters. The number of allylic oxidation sites excluding steroid dienone is 1. The van der Waals surface area contributed by atoms with Crippen molar-refractivity contribution in [3.63, 3.8) is 0 Å². The molecule has 3 nitrogen and oxygen atoms in total. The molecule has 1 rings (SSSR count). The maximum Gasteiger partial charge on any atom is 0.308 e. The summed E-state index contributed by atoms with van der Waals surface area (Å²) in [6.07, 6.45) is 5.34. The van der Waals surface area contributed by atoms with E-state index in [0.717, 1.165) is 6.42 Å². The second kappa shape index (κ2) is 4.26. The first-order valence-electron chi connectivity index (χ1n) is 4.13. The molecule has 2 atom stereocenters. The summed E-state index contributed by atoms with van der Waals surface area (Å²) in [5.74, 6) is -0.0993. The largest absolute Gasteiger partial charge is 0.469 e. The van der Waals surface area contributed by atoms with E-state index in [-0.39, 0.29) is 24.4 Å². The van der Waals surface area contributed by atoms with Crippen molar-refractivity contribution in [2.75, 3.05) is 13.7 Å². The Morgan fingerprint density at radius 3 is 3.08 bits per heavy atom. The summed E-state index contributed by atoms with van der Waals surface area (Å²) in [7, 11) is 1.40. The molecule has 0 fully saturated rings. The average molecular weight is 170 g/mol. The highest BCUT2D eigenvalue weighted by Gasteiger charge is 2.23. The smallest absolute Gasteiger partial charge is 0.308 e. The van der Waals surface area contributed by atoms with Crippen molar-refractivity contribution in [3.8, 4) is 0 Å². The molecule has 0 aliphatic heterocycles. The molecular weight excluding hydrogens is 156 g/mol. The van der Waals surface area contributed by atoms with Gasteiger partial charge in [-0.2, -0.15) is 0 Å². The van der Waals surface area contributed by atoms with Crippen molar-refractivity contribution >= 4 is 5.97 Å². The summed E-state index contributed by atoms with van der Waals surface area (Å²) in [6.45, 7) is 0.115. The van der Waals surface area contributed by atoms with Crippen LogP contribution < -0.4 is 0 Å². The molecule has 0 aromatic carbocycles. The number of esters is 1. The fourth-order valence-electron chi connectivity index (χ4n) is 1.47. The molecule has 68 valence electrons. The molecule has 0 bridgehead atoms. The van der Waals surface area contributed by atoms with E-state index in [2.05, 4.69) is 4.74 Å². The van der Waals surface area contributed by atoms with Gasteiger partial charge in [-0.25, -0.2) is 0 Å². The van der Waals surface area contributed by atoms with Crippen LogP contribution in [-0.2, 0) is 9.53 Å². The first-order chi connectivity index (χ1) is 5.77. The third-order valence-electron chi connectivity index (χ3n) is 2.19. The maximum atomic E-state index is 11.1. The summed E-state index contributed by atoms with van der Waals surface area (Å²) in [5.41, 5.74) is 0. The predicted octanol–water partition coefficient (Wildman–Crippen LogP) is 0.734. The van der Waals surface area contributed by atoms with Gasteiger partial charge in [-0.3, -0.25) is 4.79 Å². The van der Waals surface area contributed by atoms with Crippen molar-refractivity contribution in [3.05, 3.63) is 12.2 Å². The molecule has 0 saturated heterocycles. The van der Waals surface area contributed by atoms with Gasteiger partial charge in [0.1, 0.15) is 0 Å². The molecule has 1 aliphatic rings. The number of carbonyl (C=O) groups excluding carboxylic acids is 1. The summed E-state index contributed by atoms with van der Waals surface area (Å²) in [5, 5.41) is 8.86. The Kier molecular flexibility index (Phi) is 3.29. The Morgan fingerprint density at radius 1 is 1.75 bits per heavy atom. The third-order valence-corrected chi connectivity index (χ3v) is 2.19. The van der Waals surface area contributed by atoms with Crippen LogP contribution in [0.2, 0.25) is 0 Å². The molecule has 0 heterocycles. The molecule has 0 amide bonds. The van der Waals surface area contributed by atoms with Gasteiger partial charge in [0.25, 0.3) is 0 Å². The van der Waals surface area contributed by atoms with Crippen LogP contribution in [0.25, 0.3) is 0 Å². The quantitative estimate of drug-likeness (QED) is 0.491. The van der Waals surface area contributed by atoms with E-state index in [1.807, 2.05) is 12.2 Å². The van der Waals surface area contributed by atoms with E-state index in [4.69, 9.17) is 5.11 Å². The van der Waals surface area contributed by atoms with Crippen molar-refractivity contribution in [2.45, 2.75) is 12.8 Å². The van der Waals surface area contributed by atoms with Gasteiger partial charge in [-0.1, -0.05) is 12.2 Å². The van der Waals surface area contributed by atoms with Crippen LogP contribution in [0, 0.1) is 11.8 Å². The lowest BCUT2D eigenvalue weighted by Crippen LogP contribution is -2.22. The highest BCUT2D eigenvalue weighted by Crippen LogP contribution is 2.23. The summed E-state index contributed by atoms with van der Waals surface area (Å²) < 4.78 is 4.63. The van der Waals surface area contributed by atoms with Crippen LogP contribution >= 0.6 is 0 Å². The number of ether oxygens (including phenoxy) is 1. The number of hydrogen-bond acceptors (Lipinski definition) is 3.